The van der Waals surface area contributed by atoms with E-state index in [4.69, 9.17) is 4.74 Å². The lowest BCUT2D eigenvalue weighted by Gasteiger charge is -2.15. The molecule has 0 spiro atoms. The number of amides is 2. The van der Waals surface area contributed by atoms with Crippen LogP contribution in [0.25, 0.3) is 0 Å². The van der Waals surface area contributed by atoms with Gasteiger partial charge < -0.3 is 19.9 Å². The van der Waals surface area contributed by atoms with E-state index in [1.165, 1.54) is 0 Å². The van der Waals surface area contributed by atoms with Crippen LogP contribution in [0.3, 0.4) is 0 Å². The molecular weight excluding hydrogens is 334 g/mol. The first-order valence-corrected chi connectivity index (χ1v) is 9.33. The van der Waals surface area contributed by atoms with E-state index < -0.39 is 0 Å². The summed E-state index contributed by atoms with van der Waals surface area (Å²) in [5, 5.41) is 2.89. The van der Waals surface area contributed by atoms with Crippen LogP contribution in [0.5, 0.6) is 0 Å². The van der Waals surface area contributed by atoms with Gasteiger partial charge in [-0.3, -0.25) is 9.59 Å². The van der Waals surface area contributed by atoms with E-state index in [9.17, 15) is 14.4 Å². The predicted octanol–water partition coefficient (Wildman–Crippen LogP) is 1.87. The number of nitrogens with zero attached hydrogens (tertiary/aromatic N) is 1. The number of H-pyrrole nitrogens is 1. The first-order chi connectivity index (χ1) is 12.4. The number of esters is 1. The normalized spacial score (nSPS) is 14.0. The number of likely N-dealkylation sites (tertiary alicyclic amines) is 1. The highest BCUT2D eigenvalue weighted by Gasteiger charge is 2.20. The van der Waals surface area contributed by atoms with Gasteiger partial charge in [-0.05, 0) is 45.6 Å². The molecule has 0 saturated carbocycles. The predicted molar refractivity (Wildman–Crippen MR) is 98.0 cm³/mol. The van der Waals surface area contributed by atoms with Crippen molar-refractivity contribution in [2.24, 2.45) is 0 Å². The van der Waals surface area contributed by atoms with Crippen molar-refractivity contribution in [1.82, 2.24) is 15.2 Å². The maximum atomic E-state index is 12.0. The molecule has 1 aliphatic rings. The third-order valence-electron chi connectivity index (χ3n) is 4.72. The summed E-state index contributed by atoms with van der Waals surface area (Å²) in [6, 6.07) is 0. The lowest BCUT2D eigenvalue weighted by atomic mass is 10.1. The minimum absolute atomic E-state index is 0.0258. The molecule has 26 heavy (non-hydrogen) atoms. The number of carbonyl (C=O) groups is 3. The Labute approximate surface area is 154 Å². The van der Waals surface area contributed by atoms with Crippen molar-refractivity contribution in [3.8, 4) is 0 Å². The third kappa shape index (κ3) is 5.09. The van der Waals surface area contributed by atoms with Crippen LogP contribution >= 0.6 is 0 Å². The van der Waals surface area contributed by atoms with Crippen LogP contribution in [0, 0.1) is 13.8 Å². The fraction of sp³-hybridized carbons (Fsp3) is 0.632. The van der Waals surface area contributed by atoms with Crippen molar-refractivity contribution < 1.29 is 19.1 Å². The Morgan fingerprint density at radius 3 is 2.73 bits per heavy atom. The third-order valence-corrected chi connectivity index (χ3v) is 4.72. The zero-order chi connectivity index (χ0) is 19.1. The van der Waals surface area contributed by atoms with Crippen LogP contribution < -0.4 is 5.32 Å². The minimum atomic E-state index is -0.328. The van der Waals surface area contributed by atoms with E-state index in [0.29, 0.717) is 44.5 Å². The molecule has 144 valence electrons. The Morgan fingerprint density at radius 1 is 1.31 bits per heavy atom. The number of aromatic amines is 1. The zero-order valence-corrected chi connectivity index (χ0v) is 15.9. The molecule has 0 unspecified atom stereocenters. The lowest BCUT2D eigenvalue weighted by Crippen LogP contribution is -2.30. The fourth-order valence-electron chi connectivity index (χ4n) is 3.34. The highest BCUT2D eigenvalue weighted by molar-refractivity contribution is 5.92. The van der Waals surface area contributed by atoms with Gasteiger partial charge in [0.2, 0.25) is 11.8 Å². The van der Waals surface area contributed by atoms with Gasteiger partial charge in [-0.15, -0.1) is 0 Å². The molecule has 1 saturated heterocycles. The van der Waals surface area contributed by atoms with Crippen molar-refractivity contribution >= 4 is 17.8 Å². The molecule has 2 heterocycles. The van der Waals surface area contributed by atoms with Crippen LogP contribution in [-0.4, -0.2) is 53.9 Å². The smallest absolute Gasteiger partial charge is 0.340 e. The van der Waals surface area contributed by atoms with E-state index in [-0.39, 0.29) is 17.8 Å². The Balaban J connectivity index is 1.74. The van der Waals surface area contributed by atoms with Crippen LogP contribution in [0.4, 0.5) is 0 Å². The molecule has 1 fully saturated rings. The van der Waals surface area contributed by atoms with Gasteiger partial charge >= 0.3 is 5.97 Å². The number of carbonyl (C=O) groups excluding carboxylic acids is 3. The second-order valence-corrected chi connectivity index (χ2v) is 6.64. The number of ether oxygens (including phenoxy) is 1. The van der Waals surface area contributed by atoms with Gasteiger partial charge in [0.1, 0.15) is 0 Å². The molecule has 0 atom stereocenters. The van der Waals surface area contributed by atoms with Gasteiger partial charge in [-0.25, -0.2) is 4.79 Å². The van der Waals surface area contributed by atoms with Gasteiger partial charge in [-0.1, -0.05) is 0 Å². The molecule has 7 heteroatoms. The maximum Gasteiger partial charge on any atom is 0.340 e. The molecule has 0 bridgehead atoms. The summed E-state index contributed by atoms with van der Waals surface area (Å²) in [5.41, 5.74) is 3.08. The molecule has 0 aromatic carbocycles. The van der Waals surface area contributed by atoms with E-state index in [2.05, 4.69) is 10.3 Å². The van der Waals surface area contributed by atoms with Gasteiger partial charge in [0.05, 0.1) is 12.2 Å². The van der Waals surface area contributed by atoms with Crippen molar-refractivity contribution in [3.63, 3.8) is 0 Å². The van der Waals surface area contributed by atoms with Crippen LogP contribution in [0.2, 0.25) is 0 Å². The number of hydrogen-bond donors (Lipinski definition) is 2. The Kier molecular flexibility index (Phi) is 7.24. The van der Waals surface area contributed by atoms with E-state index in [1.807, 2.05) is 18.7 Å². The van der Waals surface area contributed by atoms with Gasteiger partial charge in [0, 0.05) is 43.9 Å². The summed E-state index contributed by atoms with van der Waals surface area (Å²) in [7, 11) is 0. The largest absolute Gasteiger partial charge is 0.462 e. The maximum absolute atomic E-state index is 12.0. The topological polar surface area (TPSA) is 91.5 Å². The molecule has 7 nitrogen and oxygen atoms in total. The average molecular weight is 363 g/mol. The number of nitrogens with one attached hydrogen (secondary N) is 2. The van der Waals surface area contributed by atoms with Crippen LogP contribution in [-0.2, 0) is 20.7 Å². The molecule has 2 amide bonds. The summed E-state index contributed by atoms with van der Waals surface area (Å²) in [5.74, 6) is -0.140. The molecular formula is C19H29N3O4. The van der Waals surface area contributed by atoms with Gasteiger partial charge in [0.15, 0.2) is 0 Å². The SMILES string of the molecule is CCOC(=O)c1c(C)[nH]c(CCC(=O)NCCCN2CCCC2=O)c1C. The molecule has 1 aliphatic heterocycles. The Bertz CT molecular complexity index is 666. The number of hydrogen-bond acceptors (Lipinski definition) is 4. The van der Waals surface area contributed by atoms with Crippen LogP contribution in [0.1, 0.15) is 59.9 Å². The summed E-state index contributed by atoms with van der Waals surface area (Å²) < 4.78 is 5.08. The summed E-state index contributed by atoms with van der Waals surface area (Å²) >= 11 is 0. The zero-order valence-electron chi connectivity index (χ0n) is 15.9. The first-order valence-electron chi connectivity index (χ1n) is 9.33. The number of aromatic nitrogens is 1. The Morgan fingerprint density at radius 2 is 2.08 bits per heavy atom. The molecule has 1 aromatic rings. The Hall–Kier alpha value is -2.31. The second kappa shape index (κ2) is 9.40. The second-order valence-electron chi connectivity index (χ2n) is 6.64. The number of rotatable bonds is 9. The monoisotopic (exact) mass is 363 g/mol. The highest BCUT2D eigenvalue weighted by Crippen LogP contribution is 2.20. The molecule has 0 aliphatic carbocycles. The molecule has 1 aromatic heterocycles. The number of aryl methyl sites for hydroxylation is 2. The summed E-state index contributed by atoms with van der Waals surface area (Å²) in [6.07, 6.45) is 3.25. The first kappa shape index (κ1) is 20.0. The fourth-order valence-corrected chi connectivity index (χ4v) is 3.34. The highest BCUT2D eigenvalue weighted by atomic mass is 16.5. The molecule has 2 rings (SSSR count). The minimum Gasteiger partial charge on any atom is -0.462 e. The quantitative estimate of drug-likeness (QED) is 0.517. The van der Waals surface area contributed by atoms with Crippen molar-refractivity contribution in [3.05, 3.63) is 22.5 Å². The van der Waals surface area contributed by atoms with E-state index in [0.717, 1.165) is 36.3 Å². The van der Waals surface area contributed by atoms with Crippen molar-refractivity contribution in [2.75, 3.05) is 26.2 Å². The standard InChI is InChI=1S/C19H29N3O4/c1-4-26-19(25)18-13(2)15(21-14(18)3)8-9-16(23)20-10-6-12-22-11-5-7-17(22)24/h21H,4-12H2,1-3H3,(H,20,23). The molecule has 0 radical (unpaired) electrons. The average Bonchev–Trinajstić information content (AvgIpc) is 3.12. The lowest BCUT2D eigenvalue weighted by molar-refractivity contribution is -0.127. The molecule has 2 N–H and O–H groups in total. The van der Waals surface area contributed by atoms with Crippen molar-refractivity contribution in [1.29, 1.82) is 0 Å². The summed E-state index contributed by atoms with van der Waals surface area (Å²) in [6.45, 7) is 7.93. The van der Waals surface area contributed by atoms with Gasteiger partial charge in [0.25, 0.3) is 0 Å². The van der Waals surface area contributed by atoms with Crippen LogP contribution in [0.15, 0.2) is 0 Å². The van der Waals surface area contributed by atoms with E-state index >= 15 is 0 Å². The van der Waals surface area contributed by atoms with Gasteiger partial charge in [-0.2, -0.15) is 0 Å². The van der Waals surface area contributed by atoms with E-state index in [1.54, 1.807) is 6.92 Å². The van der Waals surface area contributed by atoms with Crippen molar-refractivity contribution in [2.45, 2.75) is 52.9 Å². The summed E-state index contributed by atoms with van der Waals surface area (Å²) in [4.78, 5) is 40.6.